The highest BCUT2D eigenvalue weighted by Gasteiger charge is 2.27. The third kappa shape index (κ3) is 3.59. The lowest BCUT2D eigenvalue weighted by Gasteiger charge is -2.24. The van der Waals surface area contributed by atoms with E-state index < -0.39 is 0 Å². The van der Waals surface area contributed by atoms with Gasteiger partial charge in [-0.2, -0.15) is 0 Å². The number of hydrogen-bond donors (Lipinski definition) is 0. The Bertz CT molecular complexity index is 4010. The monoisotopic (exact) mass is 800 g/mol. The summed E-state index contributed by atoms with van der Waals surface area (Å²) >= 11 is 0. The topological polar surface area (TPSA) is 0 Å². The van der Waals surface area contributed by atoms with E-state index in [1.807, 2.05) is 0 Å². The van der Waals surface area contributed by atoms with E-state index in [-0.39, 0.29) is 0 Å². The molecule has 0 aliphatic rings. The second-order valence-corrected chi connectivity index (χ2v) is 18.5. The van der Waals surface area contributed by atoms with Gasteiger partial charge in [-0.3, -0.25) is 0 Å². The largest absolute Gasteiger partial charge is 0.0610 e. The fraction of sp³-hybridized carbons (Fsp3) is 0. The molecule has 0 amide bonds. The van der Waals surface area contributed by atoms with Crippen LogP contribution in [0.2, 0.25) is 0 Å². The minimum atomic E-state index is 1.28. The fourth-order valence-electron chi connectivity index (χ4n) is 13.4. The first-order valence-corrected chi connectivity index (χ1v) is 22.6. The first-order chi connectivity index (χ1) is 31.8. The molecule has 17 rings (SSSR count). The summed E-state index contributed by atoms with van der Waals surface area (Å²) in [6, 6.07) is 75.2. The highest BCUT2D eigenvalue weighted by molar-refractivity contribution is 6.55. The highest BCUT2D eigenvalue weighted by atomic mass is 14.3. The second kappa shape index (κ2) is 11.0. The van der Waals surface area contributed by atoms with Crippen LogP contribution in [0.3, 0.4) is 0 Å². The molecule has 0 atom stereocenters. The Hall–Kier alpha value is -8.32. The van der Waals surface area contributed by atoms with Gasteiger partial charge in [-0.05, 0) is 172 Å². The van der Waals surface area contributed by atoms with E-state index in [0.29, 0.717) is 0 Å². The minimum absolute atomic E-state index is 1.28. The smallest absolute Gasteiger partial charge is 0.000695 e. The van der Waals surface area contributed by atoms with Gasteiger partial charge in [0.25, 0.3) is 0 Å². The van der Waals surface area contributed by atoms with E-state index in [0.717, 1.165) is 0 Å². The predicted molar refractivity (Wildman–Crippen MR) is 280 cm³/mol. The average molecular weight is 801 g/mol. The summed E-state index contributed by atoms with van der Waals surface area (Å²) in [5.41, 5.74) is 0. The molecule has 0 aliphatic carbocycles. The lowest BCUT2D eigenvalue weighted by atomic mass is 9.78. The van der Waals surface area contributed by atoms with Crippen LogP contribution < -0.4 is 0 Å². The van der Waals surface area contributed by atoms with E-state index >= 15 is 0 Å². The Morgan fingerprint density at radius 2 is 0.234 bits per heavy atom. The quantitative estimate of drug-likeness (QED) is 0.134. The average Bonchev–Trinajstić information content (AvgIpc) is 3.35. The summed E-state index contributed by atoms with van der Waals surface area (Å²) in [4.78, 5) is 0. The summed E-state index contributed by atoms with van der Waals surface area (Å²) in [5.74, 6) is 0. The Balaban J connectivity index is 1.43. The Morgan fingerprint density at radius 1 is 0.109 bits per heavy atom. The fourth-order valence-corrected chi connectivity index (χ4v) is 13.4. The third-order valence-electron chi connectivity index (χ3n) is 15.7. The minimum Gasteiger partial charge on any atom is -0.0610 e. The van der Waals surface area contributed by atoms with Crippen LogP contribution in [-0.4, -0.2) is 0 Å². The van der Waals surface area contributed by atoms with Crippen molar-refractivity contribution in [1.29, 1.82) is 0 Å². The van der Waals surface area contributed by atoms with E-state index in [4.69, 9.17) is 0 Å². The molecule has 0 heteroatoms. The molecule has 17 aromatic carbocycles. The SMILES string of the molecule is c1cc2ccc3cccc4c3c2c(c1)c1c4c2c3cccc4ccc5cccc(c5c43)c2c2c3cccc4ccc5cccc(c5c43)c2c2c3cccc4ccc5cccc(c5c43)c12. The van der Waals surface area contributed by atoms with Crippen LogP contribution in [0.5, 0.6) is 0 Å². The molecule has 0 nitrogen and oxygen atoms in total. The summed E-state index contributed by atoms with van der Waals surface area (Å²) in [6.07, 6.45) is 0. The van der Waals surface area contributed by atoms with Crippen molar-refractivity contribution >= 4 is 172 Å². The molecule has 0 saturated heterocycles. The third-order valence-corrected chi connectivity index (χ3v) is 15.7. The maximum absolute atomic E-state index is 2.44. The van der Waals surface area contributed by atoms with Crippen LogP contribution in [0.25, 0.3) is 172 Å². The van der Waals surface area contributed by atoms with Gasteiger partial charge >= 0.3 is 0 Å². The van der Waals surface area contributed by atoms with Crippen LogP contribution >= 0.6 is 0 Å². The number of benzene rings is 16. The molecular formula is C64H32. The number of rotatable bonds is 0. The van der Waals surface area contributed by atoms with E-state index in [1.54, 1.807) is 0 Å². The maximum Gasteiger partial charge on any atom is -0.000695 e. The molecule has 0 radical (unpaired) electrons. The van der Waals surface area contributed by atoms with Crippen molar-refractivity contribution in [1.82, 2.24) is 0 Å². The zero-order chi connectivity index (χ0) is 41.1. The Kier molecular flexibility index (Phi) is 5.57. The summed E-state index contributed by atoms with van der Waals surface area (Å²) in [6.45, 7) is 0. The van der Waals surface area contributed by atoms with Crippen molar-refractivity contribution in [3.05, 3.63) is 194 Å². The molecule has 0 unspecified atom stereocenters. The van der Waals surface area contributed by atoms with Crippen LogP contribution in [-0.2, 0) is 0 Å². The van der Waals surface area contributed by atoms with Crippen LogP contribution in [0, 0.1) is 0 Å². The van der Waals surface area contributed by atoms with E-state index in [9.17, 15) is 0 Å². The van der Waals surface area contributed by atoms with E-state index in [1.165, 1.54) is 172 Å². The van der Waals surface area contributed by atoms with Crippen LogP contribution in [0.15, 0.2) is 194 Å². The molecule has 17 aromatic rings. The molecule has 0 fully saturated rings. The molecule has 64 heavy (non-hydrogen) atoms. The summed E-state index contributed by atoms with van der Waals surface area (Å²) < 4.78 is 0. The van der Waals surface area contributed by atoms with Gasteiger partial charge in [0.2, 0.25) is 0 Å². The molecule has 0 saturated carbocycles. The van der Waals surface area contributed by atoms with E-state index in [2.05, 4.69) is 194 Å². The predicted octanol–water partition coefficient (Wildman–Crippen LogP) is 18.5. The Morgan fingerprint density at radius 3 is 0.359 bits per heavy atom. The highest BCUT2D eigenvalue weighted by Crippen LogP contribution is 2.56. The van der Waals surface area contributed by atoms with Crippen molar-refractivity contribution < 1.29 is 0 Å². The zero-order valence-electron chi connectivity index (χ0n) is 34.5. The molecule has 0 aromatic heterocycles. The van der Waals surface area contributed by atoms with Crippen molar-refractivity contribution in [2.24, 2.45) is 0 Å². The lowest BCUT2D eigenvalue weighted by molar-refractivity contribution is 1.80. The van der Waals surface area contributed by atoms with Gasteiger partial charge in [0.05, 0.1) is 0 Å². The molecule has 288 valence electrons. The normalized spacial score (nSPS) is 13.0. The standard InChI is InChI=1S/C64H32/c1-9-33-25-26-34-10-2-18-42-50(34)49(33)41(17-1)57-58(42)60-45-21-5-13-37-29-30-38-14-6-22-46(54(38)53(37)45)62(60)64-48-24-8-16-40-32-31-39-15-7-23-47(55(39)56(40)48)63(64)61-44-20-4-12-36-28-27-35-11-3-19-43(59(57)61)51(35)52(36)44/h1-32H. The molecule has 0 spiro atoms. The van der Waals surface area contributed by atoms with Gasteiger partial charge in [-0.1, -0.05) is 194 Å². The van der Waals surface area contributed by atoms with Crippen molar-refractivity contribution in [2.45, 2.75) is 0 Å². The maximum atomic E-state index is 2.44. The Labute approximate surface area is 364 Å². The molecule has 0 heterocycles. The summed E-state index contributed by atoms with van der Waals surface area (Å²) in [5, 5.41) is 42.1. The molecule has 0 bridgehead atoms. The van der Waals surface area contributed by atoms with Crippen molar-refractivity contribution in [3.8, 4) is 0 Å². The van der Waals surface area contributed by atoms with Crippen molar-refractivity contribution in [2.75, 3.05) is 0 Å². The van der Waals surface area contributed by atoms with Gasteiger partial charge in [0.15, 0.2) is 0 Å². The van der Waals surface area contributed by atoms with Gasteiger partial charge < -0.3 is 0 Å². The molecule has 0 N–H and O–H groups in total. The van der Waals surface area contributed by atoms with Gasteiger partial charge in [0, 0.05) is 0 Å². The van der Waals surface area contributed by atoms with Gasteiger partial charge in [0.1, 0.15) is 0 Å². The number of fused-ring (bicyclic) bond motifs is 16. The molecule has 0 aliphatic heterocycles. The summed E-state index contributed by atoms with van der Waals surface area (Å²) in [7, 11) is 0. The van der Waals surface area contributed by atoms with Crippen LogP contribution in [0.4, 0.5) is 0 Å². The van der Waals surface area contributed by atoms with Crippen LogP contribution in [0.1, 0.15) is 0 Å². The van der Waals surface area contributed by atoms with Gasteiger partial charge in [-0.15, -0.1) is 0 Å². The zero-order valence-corrected chi connectivity index (χ0v) is 34.5. The first kappa shape index (κ1) is 32.4. The lowest BCUT2D eigenvalue weighted by Crippen LogP contribution is -1.95. The second-order valence-electron chi connectivity index (χ2n) is 18.5. The van der Waals surface area contributed by atoms with Crippen molar-refractivity contribution in [3.63, 3.8) is 0 Å². The van der Waals surface area contributed by atoms with Gasteiger partial charge in [-0.25, -0.2) is 0 Å². The number of hydrogen-bond acceptors (Lipinski definition) is 0. The molecular weight excluding hydrogens is 769 g/mol. The first-order valence-electron chi connectivity index (χ1n) is 22.6.